The average molecular weight is 430 g/mol. The number of nitrogens with one attached hydrogen (secondary N) is 1. The Morgan fingerprint density at radius 2 is 1.53 bits per heavy atom. The Labute approximate surface area is 179 Å². The van der Waals surface area contributed by atoms with E-state index in [0.717, 1.165) is 29.0 Å². The predicted molar refractivity (Wildman–Crippen MR) is 115 cm³/mol. The summed E-state index contributed by atoms with van der Waals surface area (Å²) in [4.78, 5) is 18.8. The molecule has 2 aromatic carbocycles. The lowest BCUT2D eigenvalue weighted by Gasteiger charge is -2.21. The summed E-state index contributed by atoms with van der Waals surface area (Å²) in [6.07, 6.45) is 1.95. The minimum Gasteiger partial charge on any atom is -0.351 e. The summed E-state index contributed by atoms with van der Waals surface area (Å²) in [6.45, 7) is 4.40. The summed E-state index contributed by atoms with van der Waals surface area (Å²) < 4.78 is 26.5. The number of nitrogens with zero attached hydrogens (tertiary/aromatic N) is 2. The molecule has 7 heteroatoms. The van der Waals surface area contributed by atoms with Gasteiger partial charge in [0.1, 0.15) is 22.3 Å². The number of aromatic nitrogens is 1. The molecule has 158 valence electrons. The number of halogens is 2. The lowest BCUT2D eigenvalue weighted by molar-refractivity contribution is 0.0948. The van der Waals surface area contributed by atoms with Gasteiger partial charge in [0.05, 0.1) is 6.54 Å². The first-order valence-corrected chi connectivity index (χ1v) is 10.9. The number of thiazole rings is 1. The van der Waals surface area contributed by atoms with Gasteiger partial charge in [-0.2, -0.15) is 0 Å². The van der Waals surface area contributed by atoms with Crippen LogP contribution in [0, 0.1) is 11.6 Å². The summed E-state index contributed by atoms with van der Waals surface area (Å²) >= 11 is 1.44. The molecule has 1 amide bonds. The molecule has 0 spiro atoms. The molecule has 4 nitrogen and oxygen atoms in total. The molecular weight excluding hydrogens is 404 g/mol. The highest BCUT2D eigenvalue weighted by molar-refractivity contribution is 7.09. The lowest BCUT2D eigenvalue weighted by atomic mass is 10.1. The zero-order chi connectivity index (χ0) is 21.3. The standard InChI is InChI=1S/C23H25F2N3OS/c1-2-3-12-26-23(29)21-16-30-22(27-21)15-28(13-17-4-8-19(24)9-5-17)14-18-6-10-20(25)11-7-18/h4-11,16H,2-3,12-15H2,1H3,(H,26,29). The first-order valence-electron chi connectivity index (χ1n) is 9.97. The van der Waals surface area contributed by atoms with Gasteiger partial charge in [0.15, 0.2) is 0 Å². The van der Waals surface area contributed by atoms with Crippen LogP contribution in [0.4, 0.5) is 8.78 Å². The van der Waals surface area contributed by atoms with E-state index < -0.39 is 0 Å². The minimum atomic E-state index is -0.275. The van der Waals surface area contributed by atoms with Crippen molar-refractivity contribution in [1.29, 1.82) is 0 Å². The van der Waals surface area contributed by atoms with Crippen LogP contribution in [-0.2, 0) is 19.6 Å². The van der Waals surface area contributed by atoms with E-state index in [4.69, 9.17) is 0 Å². The van der Waals surface area contributed by atoms with E-state index in [0.29, 0.717) is 31.9 Å². The van der Waals surface area contributed by atoms with Gasteiger partial charge in [-0.3, -0.25) is 9.69 Å². The second kappa shape index (κ2) is 10.9. The van der Waals surface area contributed by atoms with Crippen molar-refractivity contribution in [3.8, 4) is 0 Å². The molecule has 1 aromatic heterocycles. The van der Waals surface area contributed by atoms with Crippen LogP contribution in [0.5, 0.6) is 0 Å². The zero-order valence-electron chi connectivity index (χ0n) is 16.9. The largest absolute Gasteiger partial charge is 0.351 e. The van der Waals surface area contributed by atoms with Crippen molar-refractivity contribution in [3.63, 3.8) is 0 Å². The van der Waals surface area contributed by atoms with Gasteiger partial charge in [-0.1, -0.05) is 37.6 Å². The normalized spacial score (nSPS) is 11.1. The molecule has 1 N–H and O–H groups in total. The Balaban J connectivity index is 1.70. The smallest absolute Gasteiger partial charge is 0.270 e. The van der Waals surface area contributed by atoms with E-state index in [9.17, 15) is 13.6 Å². The van der Waals surface area contributed by atoms with Crippen molar-refractivity contribution < 1.29 is 13.6 Å². The number of benzene rings is 2. The van der Waals surface area contributed by atoms with Gasteiger partial charge in [-0.25, -0.2) is 13.8 Å². The Hall–Kier alpha value is -2.64. The minimum absolute atomic E-state index is 0.158. The van der Waals surface area contributed by atoms with Gasteiger partial charge in [-0.15, -0.1) is 11.3 Å². The maximum atomic E-state index is 13.2. The maximum Gasteiger partial charge on any atom is 0.270 e. The Kier molecular flexibility index (Phi) is 8.04. The van der Waals surface area contributed by atoms with Crippen molar-refractivity contribution in [2.24, 2.45) is 0 Å². The van der Waals surface area contributed by atoms with Gasteiger partial charge in [-0.05, 0) is 41.8 Å². The third kappa shape index (κ3) is 6.71. The monoisotopic (exact) mass is 429 g/mol. The Bertz CT molecular complexity index is 894. The molecule has 3 rings (SSSR count). The van der Waals surface area contributed by atoms with Gasteiger partial charge in [0.2, 0.25) is 0 Å². The summed E-state index contributed by atoms with van der Waals surface area (Å²) in [5.41, 5.74) is 2.36. The highest BCUT2D eigenvalue weighted by atomic mass is 32.1. The number of rotatable bonds is 10. The van der Waals surface area contributed by atoms with Crippen LogP contribution in [0.1, 0.15) is 46.4 Å². The molecule has 0 unspecified atom stereocenters. The topological polar surface area (TPSA) is 45.2 Å². The number of amides is 1. The zero-order valence-corrected chi connectivity index (χ0v) is 17.7. The number of hydrogen-bond donors (Lipinski definition) is 1. The molecule has 3 aromatic rings. The molecule has 0 fully saturated rings. The third-order valence-electron chi connectivity index (χ3n) is 4.60. The van der Waals surface area contributed by atoms with Crippen molar-refractivity contribution in [1.82, 2.24) is 15.2 Å². The summed E-state index contributed by atoms with van der Waals surface area (Å²) in [6, 6.07) is 12.8. The van der Waals surface area contributed by atoms with Gasteiger partial charge >= 0.3 is 0 Å². The van der Waals surface area contributed by atoms with Crippen molar-refractivity contribution >= 4 is 17.2 Å². The van der Waals surface area contributed by atoms with E-state index in [1.54, 1.807) is 29.6 Å². The van der Waals surface area contributed by atoms with Gasteiger partial charge in [0, 0.05) is 25.0 Å². The molecule has 1 heterocycles. The fourth-order valence-electron chi connectivity index (χ4n) is 3.01. The molecule has 0 aliphatic heterocycles. The SMILES string of the molecule is CCCCNC(=O)c1csc(CN(Cc2ccc(F)cc2)Cc2ccc(F)cc2)n1. The molecule has 0 bridgehead atoms. The van der Waals surface area contributed by atoms with Gasteiger partial charge in [0.25, 0.3) is 5.91 Å². The van der Waals surface area contributed by atoms with Crippen molar-refractivity contribution in [3.05, 3.63) is 87.4 Å². The first-order chi connectivity index (χ1) is 14.5. The summed E-state index contributed by atoms with van der Waals surface area (Å²) in [5, 5.41) is 5.47. The van der Waals surface area contributed by atoms with E-state index in [2.05, 4.69) is 22.1 Å². The van der Waals surface area contributed by atoms with E-state index >= 15 is 0 Å². The molecule has 0 aliphatic carbocycles. The van der Waals surface area contributed by atoms with Crippen LogP contribution in [0.2, 0.25) is 0 Å². The summed E-state index contributed by atoms with van der Waals surface area (Å²) in [5.74, 6) is -0.709. The van der Waals surface area contributed by atoms with Crippen molar-refractivity contribution in [2.75, 3.05) is 6.54 Å². The van der Waals surface area contributed by atoms with Gasteiger partial charge < -0.3 is 5.32 Å². The van der Waals surface area contributed by atoms with Crippen LogP contribution >= 0.6 is 11.3 Å². The molecular formula is C23H25F2N3OS. The van der Waals surface area contributed by atoms with Crippen LogP contribution in [0.15, 0.2) is 53.9 Å². The van der Waals surface area contributed by atoms with Crippen LogP contribution in [-0.4, -0.2) is 22.3 Å². The average Bonchev–Trinajstić information content (AvgIpc) is 3.20. The lowest BCUT2D eigenvalue weighted by Crippen LogP contribution is -2.25. The molecule has 0 radical (unpaired) electrons. The Morgan fingerprint density at radius 1 is 0.967 bits per heavy atom. The highest BCUT2D eigenvalue weighted by Crippen LogP contribution is 2.18. The number of hydrogen-bond acceptors (Lipinski definition) is 4. The number of carbonyl (C=O) groups excluding carboxylic acids is 1. The highest BCUT2D eigenvalue weighted by Gasteiger charge is 2.14. The second-order valence-corrected chi connectivity index (χ2v) is 8.08. The number of unbranched alkanes of at least 4 members (excludes halogenated alkanes) is 1. The molecule has 0 atom stereocenters. The second-order valence-electron chi connectivity index (χ2n) is 7.13. The number of carbonyl (C=O) groups is 1. The molecule has 30 heavy (non-hydrogen) atoms. The van der Waals surface area contributed by atoms with Crippen LogP contribution in [0.3, 0.4) is 0 Å². The maximum absolute atomic E-state index is 13.2. The van der Waals surface area contributed by atoms with E-state index in [-0.39, 0.29) is 17.5 Å². The van der Waals surface area contributed by atoms with E-state index in [1.165, 1.54) is 35.6 Å². The Morgan fingerprint density at radius 3 is 2.07 bits per heavy atom. The van der Waals surface area contributed by atoms with Crippen LogP contribution < -0.4 is 5.32 Å². The molecule has 0 aliphatic rings. The summed E-state index contributed by atoms with van der Waals surface area (Å²) in [7, 11) is 0. The molecule has 0 saturated carbocycles. The predicted octanol–water partition coefficient (Wildman–Crippen LogP) is 5.15. The molecule has 0 saturated heterocycles. The van der Waals surface area contributed by atoms with Crippen molar-refractivity contribution in [2.45, 2.75) is 39.4 Å². The van der Waals surface area contributed by atoms with E-state index in [1.807, 2.05) is 0 Å². The first kappa shape index (κ1) is 22.1. The van der Waals surface area contributed by atoms with Crippen LogP contribution in [0.25, 0.3) is 0 Å². The fraction of sp³-hybridized carbons (Fsp3) is 0.304. The fourth-order valence-corrected chi connectivity index (χ4v) is 3.83. The quantitative estimate of drug-likeness (QED) is 0.453. The third-order valence-corrected chi connectivity index (χ3v) is 5.43.